The van der Waals surface area contributed by atoms with Crippen LogP contribution in [-0.2, 0) is 0 Å². The van der Waals surface area contributed by atoms with Gasteiger partial charge >= 0.3 is 0 Å². The highest BCUT2D eigenvalue weighted by Crippen LogP contribution is 2.43. The summed E-state index contributed by atoms with van der Waals surface area (Å²) in [6.45, 7) is 0. The summed E-state index contributed by atoms with van der Waals surface area (Å²) < 4.78 is 6.88. The second-order valence-corrected chi connectivity index (χ2v) is 13.5. The van der Waals surface area contributed by atoms with E-state index in [4.69, 9.17) is 19.4 Å². The van der Waals surface area contributed by atoms with Crippen molar-refractivity contribution in [2.24, 2.45) is 0 Å². The van der Waals surface area contributed by atoms with Crippen LogP contribution in [0.5, 0.6) is 0 Å². The fourth-order valence-electron chi connectivity index (χ4n) is 7.46. The van der Waals surface area contributed by atoms with E-state index in [9.17, 15) is 0 Å². The number of benzene rings is 7. The molecule has 1 aliphatic rings. The Kier molecular flexibility index (Phi) is 7.58. The summed E-state index contributed by atoms with van der Waals surface area (Å²) in [5.41, 5.74) is 11.2. The molecule has 0 saturated carbocycles. The average molecular weight is 680 g/mol. The van der Waals surface area contributed by atoms with Gasteiger partial charge in [-0.15, -0.1) is 0 Å². The predicted octanol–water partition coefficient (Wildman–Crippen LogP) is 13.0. The van der Waals surface area contributed by atoms with Crippen molar-refractivity contribution in [3.8, 4) is 56.4 Å². The molecule has 4 heteroatoms. The van der Waals surface area contributed by atoms with Gasteiger partial charge in [0.25, 0.3) is 0 Å². The van der Waals surface area contributed by atoms with E-state index in [1.807, 2.05) is 30.3 Å². The molecule has 1 aliphatic carbocycles. The monoisotopic (exact) mass is 679 g/mol. The largest absolute Gasteiger partial charge is 0.455 e. The average Bonchev–Trinajstić information content (AvgIpc) is 3.61. The minimum Gasteiger partial charge on any atom is -0.455 e. The zero-order chi connectivity index (χ0) is 35.1. The van der Waals surface area contributed by atoms with Gasteiger partial charge in [-0.3, -0.25) is 0 Å². The first-order valence-corrected chi connectivity index (χ1v) is 18.1. The van der Waals surface area contributed by atoms with Crippen molar-refractivity contribution in [2.45, 2.75) is 12.8 Å². The normalized spacial score (nSPS) is 12.8. The van der Waals surface area contributed by atoms with Gasteiger partial charge in [0.2, 0.25) is 0 Å². The van der Waals surface area contributed by atoms with Crippen molar-refractivity contribution in [1.82, 2.24) is 15.0 Å². The van der Waals surface area contributed by atoms with E-state index < -0.39 is 0 Å². The Morgan fingerprint density at radius 2 is 1.04 bits per heavy atom. The Labute approximate surface area is 307 Å². The van der Waals surface area contributed by atoms with Crippen molar-refractivity contribution < 1.29 is 4.42 Å². The lowest BCUT2D eigenvalue weighted by Gasteiger charge is -2.12. The molecule has 4 nitrogen and oxygen atoms in total. The van der Waals surface area contributed by atoms with Crippen LogP contribution in [0.3, 0.4) is 0 Å². The van der Waals surface area contributed by atoms with Crippen LogP contribution in [-0.4, -0.2) is 15.0 Å². The number of fused-ring (bicyclic) bond motifs is 4. The third kappa shape index (κ3) is 5.71. The molecule has 7 aromatic carbocycles. The molecule has 0 spiro atoms. The summed E-state index contributed by atoms with van der Waals surface area (Å²) in [5, 5.41) is 4.38. The van der Waals surface area contributed by atoms with Gasteiger partial charge in [-0.1, -0.05) is 152 Å². The highest BCUT2D eigenvalue weighted by molar-refractivity contribution is 6.18. The summed E-state index contributed by atoms with van der Waals surface area (Å²) in [5.74, 6) is 1.79. The van der Waals surface area contributed by atoms with E-state index in [0.717, 1.165) is 78.9 Å². The molecule has 250 valence electrons. The lowest BCUT2D eigenvalue weighted by molar-refractivity contribution is 0.670. The van der Waals surface area contributed by atoms with Crippen LogP contribution in [0.25, 0.3) is 94.7 Å². The number of nitrogens with zero attached hydrogens (tertiary/aromatic N) is 3. The number of hydrogen-bond donors (Lipinski definition) is 0. The van der Waals surface area contributed by atoms with E-state index >= 15 is 0 Å². The van der Waals surface area contributed by atoms with Crippen molar-refractivity contribution in [3.05, 3.63) is 182 Å². The van der Waals surface area contributed by atoms with Crippen LogP contribution in [0.4, 0.5) is 0 Å². The van der Waals surface area contributed by atoms with Crippen LogP contribution in [0.1, 0.15) is 18.4 Å². The molecule has 2 aromatic heterocycles. The zero-order valence-electron chi connectivity index (χ0n) is 28.9. The van der Waals surface area contributed by atoms with Gasteiger partial charge in [0, 0.05) is 21.9 Å². The molecule has 0 aliphatic heterocycles. The van der Waals surface area contributed by atoms with Crippen molar-refractivity contribution in [3.63, 3.8) is 0 Å². The lowest BCUT2D eigenvalue weighted by Crippen LogP contribution is -2.00. The molecule has 0 radical (unpaired) electrons. The molecule has 2 heterocycles. The van der Waals surface area contributed by atoms with Crippen LogP contribution < -0.4 is 0 Å². The lowest BCUT2D eigenvalue weighted by atomic mass is 9.94. The highest BCUT2D eigenvalue weighted by Gasteiger charge is 2.21. The van der Waals surface area contributed by atoms with E-state index in [2.05, 4.69) is 146 Å². The summed E-state index contributed by atoms with van der Waals surface area (Å²) in [6, 6.07) is 55.0. The smallest absolute Gasteiger partial charge is 0.167 e. The van der Waals surface area contributed by atoms with Crippen LogP contribution in [0.15, 0.2) is 180 Å². The Morgan fingerprint density at radius 1 is 0.434 bits per heavy atom. The summed E-state index contributed by atoms with van der Waals surface area (Å²) in [7, 11) is 0. The molecule has 0 atom stereocenters. The maximum atomic E-state index is 6.88. The molecular weight excluding hydrogens is 647 g/mol. The van der Waals surface area contributed by atoms with Gasteiger partial charge in [0.05, 0.1) is 5.56 Å². The third-order valence-corrected chi connectivity index (χ3v) is 10.1. The summed E-state index contributed by atoms with van der Waals surface area (Å²) >= 11 is 0. The number of hydrogen-bond acceptors (Lipinski definition) is 4. The van der Waals surface area contributed by atoms with Crippen LogP contribution in [0.2, 0.25) is 0 Å². The van der Waals surface area contributed by atoms with Gasteiger partial charge in [0.1, 0.15) is 11.2 Å². The molecule has 0 N–H and O–H groups in total. The Morgan fingerprint density at radius 3 is 1.77 bits per heavy atom. The fourth-order valence-corrected chi connectivity index (χ4v) is 7.46. The van der Waals surface area contributed by atoms with Gasteiger partial charge in [0.15, 0.2) is 17.5 Å². The number of rotatable bonds is 6. The molecule has 9 aromatic rings. The van der Waals surface area contributed by atoms with Gasteiger partial charge < -0.3 is 4.42 Å². The Balaban J connectivity index is 1.19. The summed E-state index contributed by atoms with van der Waals surface area (Å²) in [4.78, 5) is 15.3. The first kappa shape index (κ1) is 30.9. The SMILES string of the molecule is C1=CC(c2ccc(-c3nc(-c4ccccc4)nc(-c4ccc(-c5cccc(-c6ccccc6)c5)c5c4oc4cc6ccccc6cc45)n3)cc2)=CCC1. The molecular formula is C49H33N3O. The zero-order valence-corrected chi connectivity index (χ0v) is 28.9. The van der Waals surface area contributed by atoms with Gasteiger partial charge in [-0.05, 0) is 81.3 Å². The van der Waals surface area contributed by atoms with Crippen LogP contribution >= 0.6 is 0 Å². The fraction of sp³-hybridized carbons (Fsp3) is 0.0408. The minimum absolute atomic E-state index is 0.564. The Hall–Kier alpha value is -6.91. The molecule has 0 fully saturated rings. The highest BCUT2D eigenvalue weighted by atomic mass is 16.3. The second kappa shape index (κ2) is 13.0. The predicted molar refractivity (Wildman–Crippen MR) is 218 cm³/mol. The maximum Gasteiger partial charge on any atom is 0.167 e. The molecule has 0 amide bonds. The first-order valence-electron chi connectivity index (χ1n) is 18.1. The van der Waals surface area contributed by atoms with Crippen molar-refractivity contribution in [1.29, 1.82) is 0 Å². The molecule has 10 rings (SSSR count). The molecule has 53 heavy (non-hydrogen) atoms. The molecule has 0 bridgehead atoms. The van der Waals surface area contributed by atoms with E-state index in [0.29, 0.717) is 17.5 Å². The summed E-state index contributed by atoms with van der Waals surface area (Å²) in [6.07, 6.45) is 8.89. The van der Waals surface area contributed by atoms with Crippen molar-refractivity contribution in [2.75, 3.05) is 0 Å². The maximum absolute atomic E-state index is 6.88. The second-order valence-electron chi connectivity index (χ2n) is 13.5. The number of allylic oxidation sites excluding steroid dienone is 4. The van der Waals surface area contributed by atoms with Crippen molar-refractivity contribution >= 4 is 38.3 Å². The third-order valence-electron chi connectivity index (χ3n) is 10.1. The number of aromatic nitrogens is 3. The standard InChI is InChI=1S/C49H33N3O/c1-4-13-32(14-5-1)34-23-25-36(26-24-34)48-50-47(35-17-8-3-9-18-35)51-49(52-48)42-28-27-41(40-22-12-21-37(29-40)33-15-6-2-7-16-33)45-43-30-38-19-10-11-20-39(38)31-44(43)53-46(42)45/h2-4,6-31H,1,5H2. The molecule has 0 unspecified atom stereocenters. The number of furan rings is 1. The van der Waals surface area contributed by atoms with Gasteiger partial charge in [-0.25, -0.2) is 15.0 Å². The minimum atomic E-state index is 0.564. The Bertz CT molecular complexity index is 2870. The molecule has 0 saturated heterocycles. The van der Waals surface area contributed by atoms with E-state index in [-0.39, 0.29) is 0 Å². The van der Waals surface area contributed by atoms with Gasteiger partial charge in [-0.2, -0.15) is 0 Å². The van der Waals surface area contributed by atoms with Crippen LogP contribution in [0, 0.1) is 0 Å². The first-order chi connectivity index (χ1) is 26.2. The van der Waals surface area contributed by atoms with E-state index in [1.54, 1.807) is 0 Å². The van der Waals surface area contributed by atoms with E-state index in [1.165, 1.54) is 16.7 Å². The topological polar surface area (TPSA) is 51.8 Å². The quantitative estimate of drug-likeness (QED) is 0.175.